The van der Waals surface area contributed by atoms with Crippen molar-refractivity contribution in [1.29, 1.82) is 0 Å². The van der Waals surface area contributed by atoms with Crippen LogP contribution in [0.2, 0.25) is 0 Å². The van der Waals surface area contributed by atoms with Gasteiger partial charge in [-0.1, -0.05) is 36.1 Å². The molecule has 0 saturated carbocycles. The minimum atomic E-state index is -0.247. The van der Waals surface area contributed by atoms with E-state index in [2.05, 4.69) is 5.32 Å². The summed E-state index contributed by atoms with van der Waals surface area (Å²) in [5, 5.41) is 2.81. The Balaban J connectivity index is 1.58. The van der Waals surface area contributed by atoms with Gasteiger partial charge >= 0.3 is 0 Å². The van der Waals surface area contributed by atoms with Crippen LogP contribution in [-0.4, -0.2) is 53.9 Å². The first kappa shape index (κ1) is 18.9. The van der Waals surface area contributed by atoms with E-state index >= 15 is 0 Å². The third-order valence-electron chi connectivity index (χ3n) is 4.14. The van der Waals surface area contributed by atoms with Gasteiger partial charge in [-0.3, -0.25) is 14.5 Å². The topological polar surface area (TPSA) is 67.9 Å². The molecular formula is C18H20N2O4S2. The molecule has 2 saturated heterocycles. The van der Waals surface area contributed by atoms with E-state index in [1.807, 2.05) is 24.3 Å². The van der Waals surface area contributed by atoms with Gasteiger partial charge in [-0.05, 0) is 36.6 Å². The first-order chi connectivity index (χ1) is 12.6. The number of thiocarbonyl (C=S) groups is 1. The maximum Gasteiger partial charge on any atom is 0.266 e. The summed E-state index contributed by atoms with van der Waals surface area (Å²) in [5.74, 6) is 0.267. The van der Waals surface area contributed by atoms with Gasteiger partial charge < -0.3 is 14.8 Å². The van der Waals surface area contributed by atoms with Crippen molar-refractivity contribution in [3.63, 3.8) is 0 Å². The maximum absolute atomic E-state index is 12.6. The van der Waals surface area contributed by atoms with Gasteiger partial charge in [0, 0.05) is 13.2 Å². The lowest BCUT2D eigenvalue weighted by Crippen LogP contribution is -2.41. The van der Waals surface area contributed by atoms with Gasteiger partial charge in [0.25, 0.3) is 5.91 Å². The smallest absolute Gasteiger partial charge is 0.266 e. The number of nitrogens with zero attached hydrogens (tertiary/aromatic N) is 1. The van der Waals surface area contributed by atoms with Crippen molar-refractivity contribution in [2.75, 3.05) is 26.8 Å². The number of rotatable bonds is 6. The second-order valence-corrected chi connectivity index (χ2v) is 7.66. The number of thioether (sulfide) groups is 1. The van der Waals surface area contributed by atoms with Crippen LogP contribution in [0.5, 0.6) is 5.75 Å². The van der Waals surface area contributed by atoms with Crippen LogP contribution in [-0.2, 0) is 14.3 Å². The van der Waals surface area contributed by atoms with Crippen LogP contribution in [0.15, 0.2) is 29.2 Å². The Labute approximate surface area is 161 Å². The highest BCUT2D eigenvalue weighted by Crippen LogP contribution is 2.32. The van der Waals surface area contributed by atoms with Crippen LogP contribution >= 0.6 is 24.0 Å². The molecule has 2 fully saturated rings. The lowest BCUT2D eigenvalue weighted by molar-refractivity contribution is -0.129. The normalized spacial score (nSPS) is 21.5. The second kappa shape index (κ2) is 8.66. The summed E-state index contributed by atoms with van der Waals surface area (Å²) in [7, 11) is 1.60. The van der Waals surface area contributed by atoms with Gasteiger partial charge in [0.05, 0.1) is 18.1 Å². The van der Waals surface area contributed by atoms with E-state index in [4.69, 9.17) is 21.7 Å². The molecule has 2 aliphatic heterocycles. The molecule has 138 valence electrons. The fraction of sp³-hybridized carbons (Fsp3) is 0.389. The molecule has 0 aliphatic carbocycles. The average Bonchev–Trinajstić information content (AvgIpc) is 3.25. The molecule has 1 aromatic carbocycles. The fourth-order valence-corrected chi connectivity index (χ4v) is 3.98. The summed E-state index contributed by atoms with van der Waals surface area (Å²) in [6.45, 7) is 1.14. The summed E-state index contributed by atoms with van der Waals surface area (Å²) in [5.41, 5.74) is 0.870. The molecule has 3 rings (SSSR count). The molecule has 6 nitrogen and oxygen atoms in total. The number of carbonyl (C=O) groups excluding carboxylic acids is 2. The third-order valence-corrected chi connectivity index (χ3v) is 5.52. The molecule has 0 spiro atoms. The van der Waals surface area contributed by atoms with Gasteiger partial charge in [-0.2, -0.15) is 0 Å². The van der Waals surface area contributed by atoms with Gasteiger partial charge in [0.1, 0.15) is 16.6 Å². The Morgan fingerprint density at radius 3 is 2.88 bits per heavy atom. The lowest BCUT2D eigenvalue weighted by atomic mass is 10.2. The number of methoxy groups -OCH3 is 1. The molecule has 2 aliphatic rings. The number of hydrogen-bond acceptors (Lipinski definition) is 6. The zero-order valence-electron chi connectivity index (χ0n) is 14.4. The van der Waals surface area contributed by atoms with E-state index in [1.54, 1.807) is 13.2 Å². The predicted octanol–water partition coefficient (Wildman–Crippen LogP) is 2.19. The minimum absolute atomic E-state index is 0.0695. The molecule has 2 amide bonds. The van der Waals surface area contributed by atoms with E-state index in [0.717, 1.165) is 30.8 Å². The molecule has 1 atom stereocenters. The van der Waals surface area contributed by atoms with Crippen molar-refractivity contribution in [3.8, 4) is 5.75 Å². The SMILES string of the molecule is COc1ccc(/C=C2/SC(=S)N(CC(=O)NC[C@H]3CCCO3)C2=O)cc1. The van der Waals surface area contributed by atoms with E-state index in [-0.39, 0.29) is 24.5 Å². The molecule has 0 radical (unpaired) electrons. The van der Waals surface area contributed by atoms with Crippen LogP contribution in [0, 0.1) is 0 Å². The van der Waals surface area contributed by atoms with Crippen LogP contribution in [0.3, 0.4) is 0 Å². The van der Waals surface area contributed by atoms with E-state index in [0.29, 0.717) is 15.8 Å². The van der Waals surface area contributed by atoms with Gasteiger partial charge in [-0.15, -0.1) is 0 Å². The fourth-order valence-electron chi connectivity index (χ4n) is 2.72. The monoisotopic (exact) mass is 392 g/mol. The summed E-state index contributed by atoms with van der Waals surface area (Å²) in [4.78, 5) is 26.5. The number of nitrogens with one attached hydrogen (secondary N) is 1. The van der Waals surface area contributed by atoms with E-state index in [1.165, 1.54) is 16.7 Å². The zero-order valence-corrected chi connectivity index (χ0v) is 16.0. The Morgan fingerprint density at radius 2 is 2.23 bits per heavy atom. The third kappa shape index (κ3) is 4.63. The number of hydrogen-bond donors (Lipinski definition) is 1. The number of amides is 2. The summed E-state index contributed by atoms with van der Waals surface area (Å²) >= 11 is 6.47. The summed E-state index contributed by atoms with van der Waals surface area (Å²) in [6, 6.07) is 7.37. The van der Waals surface area contributed by atoms with Gasteiger partial charge in [0.2, 0.25) is 5.91 Å². The average molecular weight is 393 g/mol. The molecule has 8 heteroatoms. The van der Waals surface area contributed by atoms with E-state index < -0.39 is 0 Å². The lowest BCUT2D eigenvalue weighted by Gasteiger charge is -2.15. The Bertz CT molecular complexity index is 727. The van der Waals surface area contributed by atoms with Crippen molar-refractivity contribution in [2.24, 2.45) is 0 Å². The predicted molar refractivity (Wildman–Crippen MR) is 105 cm³/mol. The Kier molecular flexibility index (Phi) is 6.29. The van der Waals surface area contributed by atoms with Crippen molar-refractivity contribution < 1.29 is 19.1 Å². The van der Waals surface area contributed by atoms with Gasteiger partial charge in [0.15, 0.2) is 0 Å². The molecule has 2 heterocycles. The molecule has 1 aromatic rings. The molecule has 26 heavy (non-hydrogen) atoms. The zero-order chi connectivity index (χ0) is 18.5. The standard InChI is InChI=1S/C18H20N2O4S2/c1-23-13-6-4-12(5-7-13)9-15-17(22)20(18(25)26-15)11-16(21)19-10-14-3-2-8-24-14/h4-7,9,14H,2-3,8,10-11H2,1H3,(H,19,21)/b15-9+/t14-/m1/s1. The quantitative estimate of drug-likeness (QED) is 0.591. The Morgan fingerprint density at radius 1 is 1.46 bits per heavy atom. The molecule has 0 bridgehead atoms. The number of ether oxygens (including phenoxy) is 2. The van der Waals surface area contributed by atoms with Crippen LogP contribution < -0.4 is 10.1 Å². The highest BCUT2D eigenvalue weighted by Gasteiger charge is 2.33. The highest BCUT2D eigenvalue weighted by atomic mass is 32.2. The van der Waals surface area contributed by atoms with Crippen LogP contribution in [0.4, 0.5) is 0 Å². The van der Waals surface area contributed by atoms with E-state index in [9.17, 15) is 9.59 Å². The largest absolute Gasteiger partial charge is 0.497 e. The van der Waals surface area contributed by atoms with Crippen LogP contribution in [0.25, 0.3) is 6.08 Å². The summed E-state index contributed by atoms with van der Waals surface area (Å²) < 4.78 is 11.0. The molecule has 0 aromatic heterocycles. The number of benzene rings is 1. The molecule has 0 unspecified atom stereocenters. The minimum Gasteiger partial charge on any atom is -0.497 e. The van der Waals surface area contributed by atoms with Crippen molar-refractivity contribution in [3.05, 3.63) is 34.7 Å². The first-order valence-corrected chi connectivity index (χ1v) is 9.57. The van der Waals surface area contributed by atoms with Crippen molar-refractivity contribution >= 4 is 46.2 Å². The Hall–Kier alpha value is -1.90. The van der Waals surface area contributed by atoms with Gasteiger partial charge in [-0.25, -0.2) is 0 Å². The second-order valence-electron chi connectivity index (χ2n) is 5.98. The van der Waals surface area contributed by atoms with Crippen LogP contribution in [0.1, 0.15) is 18.4 Å². The van der Waals surface area contributed by atoms with Crippen molar-refractivity contribution in [1.82, 2.24) is 10.2 Å². The summed E-state index contributed by atoms with van der Waals surface area (Å²) in [6.07, 6.45) is 3.81. The number of carbonyl (C=O) groups is 2. The molecule has 1 N–H and O–H groups in total. The molecular weight excluding hydrogens is 372 g/mol. The highest BCUT2D eigenvalue weighted by molar-refractivity contribution is 8.26. The maximum atomic E-state index is 12.6. The van der Waals surface area contributed by atoms with Crippen molar-refractivity contribution in [2.45, 2.75) is 18.9 Å². The first-order valence-electron chi connectivity index (χ1n) is 8.34.